The predicted molar refractivity (Wildman–Crippen MR) is 213 cm³/mol. The quantitative estimate of drug-likeness (QED) is 0.0394. The number of phenolic OH excluding ortho intramolecular Hbond substituents is 1. The van der Waals surface area contributed by atoms with Crippen molar-refractivity contribution < 1.29 is 24.2 Å². The minimum atomic E-state index is -0.221. The average molecular weight is 739 g/mol. The molecular formula is C42H42N8O5. The molecule has 55 heavy (non-hydrogen) atoms. The molecule has 0 atom stereocenters. The van der Waals surface area contributed by atoms with E-state index in [1.807, 2.05) is 54.6 Å². The topological polar surface area (TPSA) is 172 Å². The number of hydrogen-bond acceptors (Lipinski definition) is 11. The van der Waals surface area contributed by atoms with E-state index in [9.17, 15) is 14.7 Å². The maximum absolute atomic E-state index is 13.2. The van der Waals surface area contributed by atoms with Gasteiger partial charge in [0, 0.05) is 42.1 Å². The van der Waals surface area contributed by atoms with Crippen molar-refractivity contribution in [3.8, 4) is 16.9 Å². The number of nitrogens with zero attached hydrogens (tertiary/aromatic N) is 3. The van der Waals surface area contributed by atoms with Crippen LogP contribution in [0.15, 0.2) is 133 Å². The molecule has 13 heteroatoms. The monoisotopic (exact) mass is 738 g/mol. The van der Waals surface area contributed by atoms with Gasteiger partial charge in [0.2, 0.25) is 17.8 Å². The van der Waals surface area contributed by atoms with Gasteiger partial charge >= 0.3 is 0 Å². The molecule has 0 aliphatic rings. The standard InChI is InChI=1S/C42H42N8O5/c51-37-19-17-35(18-20-37)46-41-48-40(44-22-24-55-26-25-54-23-21-43-38(52)32-12-5-2-6-13-32)49-42(50-41)47-36-16-8-15-34(28-36)39(53)45-29-30-9-7-14-33(27-30)31-10-3-1-4-11-31/h1-20,27-28,51H,21-26,29H2,(H,43,52)(H,45,53)(H3,44,46,47,48,49,50). The zero-order valence-corrected chi connectivity index (χ0v) is 30.1. The van der Waals surface area contributed by atoms with Gasteiger partial charge in [0.15, 0.2) is 0 Å². The minimum Gasteiger partial charge on any atom is -0.508 e. The lowest BCUT2D eigenvalue weighted by molar-refractivity contribution is 0.0519. The molecule has 1 heterocycles. The molecule has 0 fully saturated rings. The summed E-state index contributed by atoms with van der Waals surface area (Å²) in [6.07, 6.45) is 0. The number of hydrogen-bond donors (Lipinski definition) is 6. The normalized spacial score (nSPS) is 10.7. The van der Waals surface area contributed by atoms with Gasteiger partial charge in [-0.3, -0.25) is 9.59 Å². The molecule has 5 aromatic carbocycles. The van der Waals surface area contributed by atoms with Gasteiger partial charge in [0.25, 0.3) is 11.8 Å². The second-order valence-corrected chi connectivity index (χ2v) is 12.2. The first kappa shape index (κ1) is 37.9. The molecule has 0 aliphatic heterocycles. The fourth-order valence-corrected chi connectivity index (χ4v) is 5.37. The highest BCUT2D eigenvalue weighted by Crippen LogP contribution is 2.22. The van der Waals surface area contributed by atoms with Crippen LogP contribution in [-0.4, -0.2) is 71.4 Å². The van der Waals surface area contributed by atoms with Gasteiger partial charge in [0.05, 0.1) is 26.4 Å². The average Bonchev–Trinajstić information content (AvgIpc) is 3.22. The Hall–Kier alpha value is -6.83. The molecule has 0 saturated carbocycles. The Morgan fingerprint density at radius 2 is 1.13 bits per heavy atom. The highest BCUT2D eigenvalue weighted by atomic mass is 16.5. The zero-order chi connectivity index (χ0) is 38.1. The summed E-state index contributed by atoms with van der Waals surface area (Å²) in [5.41, 5.74) is 5.53. The Morgan fingerprint density at radius 3 is 1.87 bits per heavy atom. The van der Waals surface area contributed by atoms with E-state index in [-0.39, 0.29) is 29.5 Å². The second kappa shape index (κ2) is 19.9. The van der Waals surface area contributed by atoms with Crippen molar-refractivity contribution in [1.29, 1.82) is 0 Å². The first-order valence-corrected chi connectivity index (χ1v) is 17.8. The molecule has 0 aliphatic carbocycles. The summed E-state index contributed by atoms with van der Waals surface area (Å²) in [6.45, 7) is 2.65. The summed E-state index contributed by atoms with van der Waals surface area (Å²) < 4.78 is 11.2. The molecule has 0 unspecified atom stereocenters. The first-order valence-electron chi connectivity index (χ1n) is 17.8. The Kier molecular flexibility index (Phi) is 13.7. The number of benzene rings is 5. The van der Waals surface area contributed by atoms with Gasteiger partial charge in [-0.05, 0) is 77.4 Å². The van der Waals surface area contributed by atoms with Crippen LogP contribution in [0.5, 0.6) is 5.75 Å². The van der Waals surface area contributed by atoms with Crippen molar-refractivity contribution in [3.63, 3.8) is 0 Å². The van der Waals surface area contributed by atoms with E-state index in [2.05, 4.69) is 65.8 Å². The van der Waals surface area contributed by atoms with Gasteiger partial charge in [-0.2, -0.15) is 15.0 Å². The van der Waals surface area contributed by atoms with Crippen LogP contribution in [0.1, 0.15) is 26.3 Å². The van der Waals surface area contributed by atoms with Crippen LogP contribution in [0.3, 0.4) is 0 Å². The summed E-state index contributed by atoms with van der Waals surface area (Å²) in [5, 5.41) is 25.0. The van der Waals surface area contributed by atoms with E-state index in [4.69, 9.17) is 9.47 Å². The Labute approximate surface area is 319 Å². The van der Waals surface area contributed by atoms with Gasteiger partial charge in [-0.15, -0.1) is 0 Å². The SMILES string of the molecule is O=C(NCCOCCOCCNc1nc(Nc2ccc(O)cc2)nc(Nc2cccc(C(=O)NCc3cccc(-c4ccccc4)c3)c2)n1)c1ccccc1. The molecule has 0 bridgehead atoms. The third kappa shape index (κ3) is 12.1. The van der Waals surface area contributed by atoms with E-state index in [1.165, 1.54) is 0 Å². The largest absolute Gasteiger partial charge is 0.508 e. The number of phenols is 1. The highest BCUT2D eigenvalue weighted by Gasteiger charge is 2.11. The molecule has 1 aromatic heterocycles. The number of nitrogens with one attached hydrogen (secondary N) is 5. The van der Waals surface area contributed by atoms with Crippen molar-refractivity contribution in [2.75, 3.05) is 55.5 Å². The number of amides is 2. The Bertz CT molecular complexity index is 2140. The molecule has 13 nitrogen and oxygen atoms in total. The molecule has 0 saturated heterocycles. The Balaban J connectivity index is 1.00. The van der Waals surface area contributed by atoms with E-state index >= 15 is 0 Å². The van der Waals surface area contributed by atoms with Crippen LogP contribution in [-0.2, 0) is 16.0 Å². The van der Waals surface area contributed by atoms with Crippen molar-refractivity contribution in [1.82, 2.24) is 25.6 Å². The summed E-state index contributed by atoms with van der Waals surface area (Å²) in [7, 11) is 0. The van der Waals surface area contributed by atoms with Crippen molar-refractivity contribution in [2.24, 2.45) is 0 Å². The molecule has 6 N–H and O–H groups in total. The molecule has 2 amide bonds. The van der Waals surface area contributed by atoms with Crippen molar-refractivity contribution in [3.05, 3.63) is 150 Å². The lowest BCUT2D eigenvalue weighted by Gasteiger charge is -2.13. The fourth-order valence-electron chi connectivity index (χ4n) is 5.37. The summed E-state index contributed by atoms with van der Waals surface area (Å²) in [5.74, 6) is 0.559. The van der Waals surface area contributed by atoms with E-state index in [1.54, 1.807) is 54.6 Å². The number of aromatic hydroxyl groups is 1. The van der Waals surface area contributed by atoms with Crippen LogP contribution in [0.2, 0.25) is 0 Å². The summed E-state index contributed by atoms with van der Waals surface area (Å²) >= 11 is 0. The van der Waals surface area contributed by atoms with Gasteiger partial charge in [-0.25, -0.2) is 0 Å². The third-order valence-corrected chi connectivity index (χ3v) is 8.10. The van der Waals surface area contributed by atoms with E-state index in [0.29, 0.717) is 74.5 Å². The van der Waals surface area contributed by atoms with Crippen LogP contribution >= 0.6 is 0 Å². The van der Waals surface area contributed by atoms with Crippen molar-refractivity contribution in [2.45, 2.75) is 6.54 Å². The number of rotatable bonds is 19. The number of aromatic nitrogens is 3. The molecule has 6 rings (SSSR count). The van der Waals surface area contributed by atoms with Crippen molar-refractivity contribution >= 4 is 41.0 Å². The van der Waals surface area contributed by atoms with Gasteiger partial charge < -0.3 is 41.2 Å². The van der Waals surface area contributed by atoms with E-state index in [0.717, 1.165) is 16.7 Å². The summed E-state index contributed by atoms with van der Waals surface area (Å²) in [4.78, 5) is 38.9. The highest BCUT2D eigenvalue weighted by molar-refractivity contribution is 5.95. The van der Waals surface area contributed by atoms with Gasteiger partial charge in [-0.1, -0.05) is 72.8 Å². The van der Waals surface area contributed by atoms with Gasteiger partial charge in [0.1, 0.15) is 5.75 Å². The maximum atomic E-state index is 13.2. The van der Waals surface area contributed by atoms with E-state index < -0.39 is 0 Å². The van der Waals surface area contributed by atoms with Crippen LogP contribution in [0.25, 0.3) is 11.1 Å². The molecule has 6 aromatic rings. The number of anilines is 5. The van der Waals surface area contributed by atoms with Crippen LogP contribution in [0.4, 0.5) is 29.2 Å². The molecule has 0 spiro atoms. The summed E-state index contributed by atoms with van der Waals surface area (Å²) in [6, 6.07) is 40.8. The minimum absolute atomic E-state index is 0.135. The molecule has 280 valence electrons. The number of carbonyl (C=O) groups excluding carboxylic acids is 2. The van der Waals surface area contributed by atoms with Crippen LogP contribution < -0.4 is 26.6 Å². The zero-order valence-electron chi connectivity index (χ0n) is 30.1. The maximum Gasteiger partial charge on any atom is 0.251 e. The number of ether oxygens (including phenoxy) is 2. The number of carbonyl (C=O) groups is 2. The third-order valence-electron chi connectivity index (χ3n) is 8.10. The van der Waals surface area contributed by atoms with Crippen LogP contribution in [0, 0.1) is 0 Å². The smallest absolute Gasteiger partial charge is 0.251 e. The lowest BCUT2D eigenvalue weighted by Crippen LogP contribution is -2.27. The predicted octanol–water partition coefficient (Wildman–Crippen LogP) is 6.54. The molecular weight excluding hydrogens is 697 g/mol. The first-order chi connectivity index (χ1) is 27.0. The molecule has 0 radical (unpaired) electrons. The second-order valence-electron chi connectivity index (χ2n) is 12.2. The fraction of sp³-hybridized carbons (Fsp3) is 0.167. The lowest BCUT2D eigenvalue weighted by atomic mass is 10.0. The Morgan fingerprint density at radius 1 is 0.527 bits per heavy atom.